The van der Waals surface area contributed by atoms with Gasteiger partial charge in [0.25, 0.3) is 5.91 Å². The summed E-state index contributed by atoms with van der Waals surface area (Å²) in [5.41, 5.74) is 2.08. The van der Waals surface area contributed by atoms with Gasteiger partial charge in [0.15, 0.2) is 5.69 Å². The molecule has 1 fully saturated rings. The molecule has 1 aliphatic rings. The normalized spacial score (nSPS) is 19.4. The molecule has 0 spiro atoms. The lowest BCUT2D eigenvalue weighted by Gasteiger charge is -2.05. The van der Waals surface area contributed by atoms with Crippen LogP contribution in [0.25, 0.3) is 21.8 Å². The number of nitrogens with zero attached hydrogens (tertiary/aromatic N) is 1. The molecule has 122 valence electrons. The third kappa shape index (κ3) is 2.40. The zero-order chi connectivity index (χ0) is 16.7. The number of ether oxygens (including phenoxy) is 1. The molecule has 0 radical (unpaired) electrons. The van der Waals surface area contributed by atoms with Gasteiger partial charge in [0.2, 0.25) is 0 Å². The molecule has 6 nitrogen and oxygen atoms in total. The molecule has 1 amide bonds. The number of carbonyl (C=O) groups is 2. The van der Waals surface area contributed by atoms with Crippen LogP contribution in [0.5, 0.6) is 0 Å². The maximum Gasteiger partial charge on any atom is 0.309 e. The number of H-pyrrole nitrogens is 1. The van der Waals surface area contributed by atoms with Crippen molar-refractivity contribution in [2.75, 3.05) is 13.7 Å². The quantitative estimate of drug-likeness (QED) is 0.721. The molecule has 0 unspecified atom stereocenters. The van der Waals surface area contributed by atoms with Crippen LogP contribution in [-0.2, 0) is 9.53 Å². The minimum absolute atomic E-state index is 0.0906. The summed E-state index contributed by atoms with van der Waals surface area (Å²) >= 11 is 0. The molecule has 1 aliphatic carbocycles. The largest absolute Gasteiger partial charge is 0.469 e. The van der Waals surface area contributed by atoms with E-state index in [-0.39, 0.29) is 23.7 Å². The smallest absolute Gasteiger partial charge is 0.309 e. The van der Waals surface area contributed by atoms with Gasteiger partial charge in [0, 0.05) is 29.0 Å². The van der Waals surface area contributed by atoms with Crippen molar-refractivity contribution in [1.82, 2.24) is 15.3 Å². The van der Waals surface area contributed by atoms with Crippen molar-refractivity contribution in [3.63, 3.8) is 0 Å². The first-order valence-corrected chi connectivity index (χ1v) is 7.90. The predicted molar refractivity (Wildman–Crippen MR) is 89.5 cm³/mol. The molecule has 2 heterocycles. The molecule has 2 aromatic heterocycles. The fourth-order valence-electron chi connectivity index (χ4n) is 3.17. The standard InChI is InChI=1S/C18H17N3O3/c1-24-18(23)13-8-10(13)9-20-17(22)16-15-12(6-7-19-16)11-4-2-3-5-14(11)21-15/h2-7,10,13,21H,8-9H2,1H3,(H,20,22)/t10-,13-/m1/s1. The zero-order valence-electron chi connectivity index (χ0n) is 13.2. The van der Waals surface area contributed by atoms with Crippen LogP contribution in [0.3, 0.4) is 0 Å². The molecule has 3 aromatic rings. The maximum absolute atomic E-state index is 12.5. The summed E-state index contributed by atoms with van der Waals surface area (Å²) < 4.78 is 4.72. The monoisotopic (exact) mass is 323 g/mol. The van der Waals surface area contributed by atoms with Crippen molar-refractivity contribution in [2.24, 2.45) is 11.8 Å². The lowest BCUT2D eigenvalue weighted by atomic mass is 10.1. The van der Waals surface area contributed by atoms with Crippen molar-refractivity contribution >= 4 is 33.7 Å². The SMILES string of the molecule is COC(=O)[C@@H]1C[C@@H]1CNC(=O)c1nccc2c1[nH]c1ccccc12. The average molecular weight is 323 g/mol. The number of carbonyl (C=O) groups excluding carboxylic acids is 2. The van der Waals surface area contributed by atoms with E-state index >= 15 is 0 Å². The molecule has 4 rings (SSSR count). The molecule has 0 bridgehead atoms. The van der Waals surface area contributed by atoms with Crippen molar-refractivity contribution in [2.45, 2.75) is 6.42 Å². The highest BCUT2D eigenvalue weighted by Gasteiger charge is 2.43. The first kappa shape index (κ1) is 14.7. The zero-order valence-corrected chi connectivity index (χ0v) is 13.2. The number of nitrogens with one attached hydrogen (secondary N) is 2. The van der Waals surface area contributed by atoms with Gasteiger partial charge in [-0.1, -0.05) is 18.2 Å². The molecular weight excluding hydrogens is 306 g/mol. The van der Waals surface area contributed by atoms with E-state index in [0.717, 1.165) is 28.2 Å². The summed E-state index contributed by atoms with van der Waals surface area (Å²) in [7, 11) is 1.39. The number of para-hydroxylation sites is 1. The van der Waals surface area contributed by atoms with Crippen LogP contribution >= 0.6 is 0 Å². The average Bonchev–Trinajstić information content (AvgIpc) is 3.30. The molecule has 0 aliphatic heterocycles. The lowest BCUT2D eigenvalue weighted by Crippen LogP contribution is -2.27. The summed E-state index contributed by atoms with van der Waals surface area (Å²) in [4.78, 5) is 31.4. The second-order valence-electron chi connectivity index (χ2n) is 6.09. The Hall–Kier alpha value is -2.89. The number of amides is 1. The van der Waals surface area contributed by atoms with E-state index in [0.29, 0.717) is 12.2 Å². The molecule has 2 atom stereocenters. The third-order valence-corrected chi connectivity index (χ3v) is 4.59. The van der Waals surface area contributed by atoms with E-state index in [9.17, 15) is 9.59 Å². The molecule has 6 heteroatoms. The van der Waals surface area contributed by atoms with Crippen molar-refractivity contribution in [3.8, 4) is 0 Å². The number of aromatic amines is 1. The topological polar surface area (TPSA) is 84.1 Å². The summed E-state index contributed by atoms with van der Waals surface area (Å²) in [6.07, 6.45) is 2.41. The fourth-order valence-corrected chi connectivity index (χ4v) is 3.17. The highest BCUT2D eigenvalue weighted by Crippen LogP contribution is 2.38. The Kier molecular flexibility index (Phi) is 3.45. The Morgan fingerprint density at radius 3 is 2.96 bits per heavy atom. The van der Waals surface area contributed by atoms with Gasteiger partial charge < -0.3 is 15.0 Å². The second-order valence-corrected chi connectivity index (χ2v) is 6.09. The predicted octanol–water partition coefficient (Wildman–Crippen LogP) is 2.25. The summed E-state index contributed by atoms with van der Waals surface area (Å²) in [5.74, 6) is -0.372. The van der Waals surface area contributed by atoms with Crippen LogP contribution in [-0.4, -0.2) is 35.5 Å². The van der Waals surface area contributed by atoms with Gasteiger partial charge in [0.05, 0.1) is 18.5 Å². The van der Waals surface area contributed by atoms with Crippen LogP contribution < -0.4 is 5.32 Å². The first-order valence-electron chi connectivity index (χ1n) is 7.90. The molecular formula is C18H17N3O3. The molecule has 24 heavy (non-hydrogen) atoms. The Labute approximate surface area is 138 Å². The van der Waals surface area contributed by atoms with E-state index in [2.05, 4.69) is 15.3 Å². The minimum atomic E-state index is -0.234. The third-order valence-electron chi connectivity index (χ3n) is 4.59. The van der Waals surface area contributed by atoms with Gasteiger partial charge in [-0.05, 0) is 24.5 Å². The molecule has 2 N–H and O–H groups in total. The fraction of sp³-hybridized carbons (Fsp3) is 0.278. The number of benzene rings is 1. The van der Waals surface area contributed by atoms with E-state index in [1.165, 1.54) is 7.11 Å². The van der Waals surface area contributed by atoms with Gasteiger partial charge in [-0.25, -0.2) is 4.98 Å². The van der Waals surface area contributed by atoms with Gasteiger partial charge in [-0.15, -0.1) is 0 Å². The van der Waals surface area contributed by atoms with E-state index in [4.69, 9.17) is 4.74 Å². The summed E-state index contributed by atoms with van der Waals surface area (Å²) in [6.45, 7) is 0.455. The molecule has 1 aromatic carbocycles. The summed E-state index contributed by atoms with van der Waals surface area (Å²) in [6, 6.07) is 9.81. The van der Waals surface area contributed by atoms with Crippen LogP contribution in [0.4, 0.5) is 0 Å². The van der Waals surface area contributed by atoms with Crippen molar-refractivity contribution in [3.05, 3.63) is 42.2 Å². The molecule has 1 saturated carbocycles. The van der Waals surface area contributed by atoms with E-state index in [1.54, 1.807) is 6.20 Å². The number of methoxy groups -OCH3 is 1. The highest BCUT2D eigenvalue weighted by atomic mass is 16.5. The second kappa shape index (κ2) is 5.63. The Bertz CT molecular complexity index is 947. The van der Waals surface area contributed by atoms with Crippen LogP contribution in [0.2, 0.25) is 0 Å². The molecule has 0 saturated heterocycles. The Balaban J connectivity index is 1.56. The number of fused-ring (bicyclic) bond motifs is 3. The lowest BCUT2D eigenvalue weighted by molar-refractivity contribution is -0.142. The number of esters is 1. The number of pyridine rings is 1. The van der Waals surface area contributed by atoms with Gasteiger partial charge in [0.1, 0.15) is 0 Å². The van der Waals surface area contributed by atoms with Crippen LogP contribution in [0.1, 0.15) is 16.9 Å². The van der Waals surface area contributed by atoms with Crippen molar-refractivity contribution in [1.29, 1.82) is 0 Å². The highest BCUT2D eigenvalue weighted by molar-refractivity contribution is 6.13. The van der Waals surface area contributed by atoms with Crippen LogP contribution in [0.15, 0.2) is 36.5 Å². The Morgan fingerprint density at radius 2 is 2.12 bits per heavy atom. The minimum Gasteiger partial charge on any atom is -0.469 e. The van der Waals surface area contributed by atoms with Crippen molar-refractivity contribution < 1.29 is 14.3 Å². The number of aromatic nitrogens is 2. The van der Waals surface area contributed by atoms with E-state index in [1.807, 2.05) is 30.3 Å². The summed E-state index contributed by atoms with van der Waals surface area (Å²) in [5, 5.41) is 4.92. The van der Waals surface area contributed by atoms with Crippen LogP contribution in [0, 0.1) is 11.8 Å². The first-order chi connectivity index (χ1) is 11.7. The maximum atomic E-state index is 12.5. The number of hydrogen-bond acceptors (Lipinski definition) is 4. The number of hydrogen-bond donors (Lipinski definition) is 2. The van der Waals surface area contributed by atoms with Gasteiger partial charge in [-0.3, -0.25) is 9.59 Å². The number of rotatable bonds is 4. The van der Waals surface area contributed by atoms with Gasteiger partial charge >= 0.3 is 5.97 Å². The van der Waals surface area contributed by atoms with Gasteiger partial charge in [-0.2, -0.15) is 0 Å². The Morgan fingerprint density at radius 1 is 1.29 bits per heavy atom. The van der Waals surface area contributed by atoms with E-state index < -0.39 is 0 Å².